The fourth-order valence-electron chi connectivity index (χ4n) is 1.46. The summed E-state index contributed by atoms with van der Waals surface area (Å²) in [5.41, 5.74) is 0.472. The molecule has 0 aliphatic carbocycles. The zero-order valence-electron chi connectivity index (χ0n) is 11.3. The van der Waals surface area contributed by atoms with E-state index in [0.717, 1.165) is 6.08 Å². The van der Waals surface area contributed by atoms with Crippen LogP contribution in [-0.2, 0) is 14.3 Å². The lowest BCUT2D eigenvalue weighted by molar-refractivity contribution is -0.131. The fraction of sp³-hybridized carbons (Fsp3) is 0.357. The summed E-state index contributed by atoms with van der Waals surface area (Å²) in [6.45, 7) is 3.10. The minimum absolute atomic E-state index is 0.142. The minimum Gasteiger partial charge on any atom is -0.478 e. The van der Waals surface area contributed by atoms with E-state index in [9.17, 15) is 9.59 Å². The van der Waals surface area contributed by atoms with E-state index in [-0.39, 0.29) is 5.91 Å². The first-order chi connectivity index (χ1) is 9.61. The lowest BCUT2D eigenvalue weighted by atomic mass is 10.3. The summed E-state index contributed by atoms with van der Waals surface area (Å²) < 4.78 is 5.15. The topological polar surface area (TPSA) is 88.5 Å². The highest BCUT2D eigenvalue weighted by atomic mass is 16.5. The number of carbonyl (C=O) groups is 2. The molecular weight excluding hydrogens is 260 g/mol. The Balaban J connectivity index is 2.49. The van der Waals surface area contributed by atoms with E-state index in [0.29, 0.717) is 37.6 Å². The number of rotatable bonds is 8. The molecule has 0 spiro atoms. The molecule has 1 rings (SSSR count). The third-order valence-corrected chi connectivity index (χ3v) is 2.33. The molecule has 0 fully saturated rings. The molecule has 0 unspecified atom stereocenters. The molecule has 108 valence electrons. The highest BCUT2D eigenvalue weighted by Gasteiger charge is 2.03. The predicted molar refractivity (Wildman–Crippen MR) is 75.3 cm³/mol. The number of carboxylic acids is 1. The standard InChI is InChI=1S/C14H18N2O4/c1-2-20-10-4-7-13(17)16-12-6-3-5-11(15-12)8-9-14(18)19/h3,5-6,8-9H,2,4,7,10H2,1H3,(H,18,19)(H,15,16,17)/b9-8+. The summed E-state index contributed by atoms with van der Waals surface area (Å²) >= 11 is 0. The summed E-state index contributed by atoms with van der Waals surface area (Å²) in [5.74, 6) is -0.785. The van der Waals surface area contributed by atoms with Crippen LogP contribution in [0.4, 0.5) is 5.82 Å². The van der Waals surface area contributed by atoms with Crippen molar-refractivity contribution in [2.45, 2.75) is 19.8 Å². The molecule has 0 radical (unpaired) electrons. The number of carboxylic acid groups (broad SMARTS) is 1. The molecule has 6 heteroatoms. The number of ether oxygens (including phenoxy) is 1. The van der Waals surface area contributed by atoms with Crippen LogP contribution in [0.3, 0.4) is 0 Å². The first-order valence-electron chi connectivity index (χ1n) is 6.37. The van der Waals surface area contributed by atoms with Gasteiger partial charge in [-0.1, -0.05) is 6.07 Å². The van der Waals surface area contributed by atoms with E-state index < -0.39 is 5.97 Å². The van der Waals surface area contributed by atoms with Crippen molar-refractivity contribution in [2.24, 2.45) is 0 Å². The van der Waals surface area contributed by atoms with Gasteiger partial charge in [0.05, 0.1) is 5.69 Å². The van der Waals surface area contributed by atoms with E-state index >= 15 is 0 Å². The highest BCUT2D eigenvalue weighted by Crippen LogP contribution is 2.07. The van der Waals surface area contributed by atoms with E-state index in [1.54, 1.807) is 18.2 Å². The monoisotopic (exact) mass is 278 g/mol. The summed E-state index contributed by atoms with van der Waals surface area (Å²) in [7, 11) is 0. The second-order valence-electron chi connectivity index (χ2n) is 3.97. The van der Waals surface area contributed by atoms with Crippen LogP contribution in [0, 0.1) is 0 Å². The van der Waals surface area contributed by atoms with Gasteiger partial charge in [0.2, 0.25) is 5.91 Å². The average molecular weight is 278 g/mol. The second-order valence-corrected chi connectivity index (χ2v) is 3.97. The van der Waals surface area contributed by atoms with Crippen LogP contribution in [0.5, 0.6) is 0 Å². The van der Waals surface area contributed by atoms with Gasteiger partial charge in [-0.3, -0.25) is 4.79 Å². The molecule has 0 atom stereocenters. The number of anilines is 1. The Kier molecular flexibility index (Phi) is 6.99. The zero-order chi connectivity index (χ0) is 14.8. The number of nitrogens with one attached hydrogen (secondary N) is 1. The molecule has 1 heterocycles. The van der Waals surface area contributed by atoms with E-state index in [1.807, 2.05) is 6.92 Å². The van der Waals surface area contributed by atoms with Crippen molar-refractivity contribution in [3.63, 3.8) is 0 Å². The van der Waals surface area contributed by atoms with E-state index in [2.05, 4.69) is 10.3 Å². The molecule has 1 amide bonds. The Labute approximate surface area is 117 Å². The molecule has 1 aromatic rings. The van der Waals surface area contributed by atoms with Crippen molar-refractivity contribution in [3.8, 4) is 0 Å². The van der Waals surface area contributed by atoms with Gasteiger partial charge in [0.1, 0.15) is 5.82 Å². The summed E-state index contributed by atoms with van der Waals surface area (Å²) in [4.78, 5) is 26.2. The number of aromatic nitrogens is 1. The van der Waals surface area contributed by atoms with Crippen LogP contribution in [0.1, 0.15) is 25.5 Å². The molecule has 1 aromatic heterocycles. The van der Waals surface area contributed by atoms with Crippen LogP contribution >= 0.6 is 0 Å². The number of nitrogens with zero attached hydrogens (tertiary/aromatic N) is 1. The van der Waals surface area contributed by atoms with Crippen LogP contribution in [0.2, 0.25) is 0 Å². The Bertz CT molecular complexity index is 486. The Morgan fingerprint density at radius 1 is 1.45 bits per heavy atom. The number of aliphatic carboxylic acids is 1. The maximum absolute atomic E-state index is 11.6. The highest BCUT2D eigenvalue weighted by molar-refractivity contribution is 5.90. The minimum atomic E-state index is -1.04. The number of carbonyl (C=O) groups excluding carboxylic acids is 1. The molecular formula is C14H18N2O4. The molecule has 0 aliphatic heterocycles. The molecule has 20 heavy (non-hydrogen) atoms. The van der Waals surface area contributed by atoms with Gasteiger partial charge in [-0.2, -0.15) is 0 Å². The first-order valence-corrected chi connectivity index (χ1v) is 6.37. The maximum Gasteiger partial charge on any atom is 0.328 e. The van der Waals surface area contributed by atoms with Crippen LogP contribution in [0.15, 0.2) is 24.3 Å². The van der Waals surface area contributed by atoms with Gasteiger partial charge in [0.15, 0.2) is 0 Å². The van der Waals surface area contributed by atoms with Crippen molar-refractivity contribution >= 4 is 23.8 Å². The summed E-state index contributed by atoms with van der Waals surface area (Å²) in [6.07, 6.45) is 3.37. The van der Waals surface area contributed by atoms with Gasteiger partial charge in [-0.05, 0) is 31.6 Å². The van der Waals surface area contributed by atoms with Crippen LogP contribution < -0.4 is 5.32 Å². The van der Waals surface area contributed by atoms with Crippen LogP contribution in [-0.4, -0.2) is 35.2 Å². The Hall–Kier alpha value is -2.21. The van der Waals surface area contributed by atoms with Gasteiger partial charge >= 0.3 is 5.97 Å². The summed E-state index contributed by atoms with van der Waals surface area (Å²) in [5, 5.41) is 11.2. The number of amides is 1. The van der Waals surface area contributed by atoms with E-state index in [4.69, 9.17) is 9.84 Å². The molecule has 0 saturated carbocycles. The smallest absolute Gasteiger partial charge is 0.328 e. The predicted octanol–water partition coefficient (Wildman–Crippen LogP) is 1.93. The molecule has 0 aliphatic rings. The van der Waals surface area contributed by atoms with Crippen molar-refractivity contribution in [2.75, 3.05) is 18.5 Å². The van der Waals surface area contributed by atoms with E-state index in [1.165, 1.54) is 6.08 Å². The van der Waals surface area contributed by atoms with Crippen LogP contribution in [0.25, 0.3) is 6.08 Å². The van der Waals surface area contributed by atoms with Gasteiger partial charge in [-0.15, -0.1) is 0 Å². The quantitative estimate of drug-likeness (QED) is 0.560. The second kappa shape index (κ2) is 8.82. The third-order valence-electron chi connectivity index (χ3n) is 2.33. The molecule has 0 aromatic carbocycles. The first kappa shape index (κ1) is 15.8. The zero-order valence-corrected chi connectivity index (χ0v) is 11.3. The van der Waals surface area contributed by atoms with Gasteiger partial charge in [-0.25, -0.2) is 9.78 Å². The van der Waals surface area contributed by atoms with Crippen molar-refractivity contribution in [1.82, 2.24) is 4.98 Å². The SMILES string of the molecule is CCOCCCC(=O)Nc1cccc(/C=C/C(=O)O)n1. The van der Waals surface area contributed by atoms with Crippen molar-refractivity contribution in [1.29, 1.82) is 0 Å². The van der Waals surface area contributed by atoms with Gasteiger partial charge in [0, 0.05) is 25.7 Å². The molecule has 2 N–H and O–H groups in total. The van der Waals surface area contributed by atoms with Gasteiger partial charge < -0.3 is 15.2 Å². The number of pyridine rings is 1. The average Bonchev–Trinajstić information content (AvgIpc) is 2.42. The normalized spacial score (nSPS) is 10.7. The molecule has 0 saturated heterocycles. The third kappa shape index (κ3) is 6.65. The largest absolute Gasteiger partial charge is 0.478 e. The van der Waals surface area contributed by atoms with Crippen molar-refractivity contribution in [3.05, 3.63) is 30.0 Å². The number of hydrogen-bond acceptors (Lipinski definition) is 4. The lowest BCUT2D eigenvalue weighted by Crippen LogP contribution is -2.13. The maximum atomic E-state index is 11.6. The van der Waals surface area contributed by atoms with Gasteiger partial charge in [0.25, 0.3) is 0 Å². The lowest BCUT2D eigenvalue weighted by Gasteiger charge is -2.05. The molecule has 6 nitrogen and oxygen atoms in total. The Morgan fingerprint density at radius 2 is 2.25 bits per heavy atom. The Morgan fingerprint density at radius 3 is 2.95 bits per heavy atom. The molecule has 0 bridgehead atoms. The number of hydrogen-bond donors (Lipinski definition) is 2. The summed E-state index contributed by atoms with van der Waals surface area (Å²) in [6, 6.07) is 5.01. The van der Waals surface area contributed by atoms with Crippen molar-refractivity contribution < 1.29 is 19.4 Å². The fourth-order valence-corrected chi connectivity index (χ4v) is 1.46.